The first-order chi connectivity index (χ1) is 8.13. The molecule has 1 saturated heterocycles. The number of morpholine rings is 1. The summed E-state index contributed by atoms with van der Waals surface area (Å²) in [5.74, 6) is -1.27. The second-order valence-corrected chi connectivity index (χ2v) is 4.17. The van der Waals surface area contributed by atoms with Crippen molar-refractivity contribution in [3.05, 3.63) is 34.9 Å². The highest BCUT2D eigenvalue weighted by Gasteiger charge is 2.39. The number of nitrogens with one attached hydrogen (secondary N) is 1. The van der Waals surface area contributed by atoms with Gasteiger partial charge in [-0.3, -0.25) is 0 Å². The number of hydrogen-bond donors (Lipinski definition) is 2. The molecule has 17 heavy (non-hydrogen) atoms. The molecule has 1 aromatic rings. The molecule has 2 rings (SSSR count). The van der Waals surface area contributed by atoms with Crippen molar-refractivity contribution in [2.75, 3.05) is 13.2 Å². The van der Waals surface area contributed by atoms with Crippen LogP contribution >= 0.6 is 11.6 Å². The SMILES string of the molecule is CC.CC1NCCOC1(O)c1cccc(Cl)c1. The van der Waals surface area contributed by atoms with Gasteiger partial charge in [-0.15, -0.1) is 0 Å². The van der Waals surface area contributed by atoms with Crippen LogP contribution in [0.25, 0.3) is 0 Å². The van der Waals surface area contributed by atoms with Crippen LogP contribution in [0, 0.1) is 0 Å². The van der Waals surface area contributed by atoms with E-state index in [1.165, 1.54) is 0 Å². The van der Waals surface area contributed by atoms with Gasteiger partial charge in [-0.05, 0) is 19.1 Å². The van der Waals surface area contributed by atoms with E-state index in [0.717, 1.165) is 6.54 Å². The fourth-order valence-corrected chi connectivity index (χ4v) is 1.98. The predicted molar refractivity (Wildman–Crippen MR) is 70.1 cm³/mol. The summed E-state index contributed by atoms with van der Waals surface area (Å²) in [5, 5.41) is 14.2. The van der Waals surface area contributed by atoms with Gasteiger partial charge in [0.15, 0.2) is 0 Å². The third-order valence-corrected chi connectivity index (χ3v) is 2.93. The summed E-state index contributed by atoms with van der Waals surface area (Å²) in [7, 11) is 0. The zero-order valence-corrected chi connectivity index (χ0v) is 11.3. The molecule has 1 aliphatic rings. The van der Waals surface area contributed by atoms with E-state index in [-0.39, 0.29) is 6.04 Å². The lowest BCUT2D eigenvalue weighted by atomic mass is 9.98. The highest BCUT2D eigenvalue weighted by atomic mass is 35.5. The van der Waals surface area contributed by atoms with Gasteiger partial charge < -0.3 is 15.2 Å². The molecule has 3 nitrogen and oxygen atoms in total. The van der Waals surface area contributed by atoms with Crippen molar-refractivity contribution in [3.63, 3.8) is 0 Å². The summed E-state index contributed by atoms with van der Waals surface area (Å²) >= 11 is 5.89. The van der Waals surface area contributed by atoms with Gasteiger partial charge in [0.25, 0.3) is 0 Å². The van der Waals surface area contributed by atoms with Crippen molar-refractivity contribution in [2.24, 2.45) is 0 Å². The van der Waals surface area contributed by atoms with E-state index in [9.17, 15) is 5.11 Å². The van der Waals surface area contributed by atoms with Crippen molar-refractivity contribution in [3.8, 4) is 0 Å². The lowest BCUT2D eigenvalue weighted by Gasteiger charge is -2.38. The first-order valence-electron chi connectivity index (χ1n) is 5.99. The Hall–Kier alpha value is -0.610. The molecule has 0 radical (unpaired) electrons. The van der Waals surface area contributed by atoms with Crippen LogP contribution in [0.1, 0.15) is 26.3 Å². The lowest BCUT2D eigenvalue weighted by molar-refractivity contribution is -0.245. The minimum atomic E-state index is -1.27. The topological polar surface area (TPSA) is 41.5 Å². The van der Waals surface area contributed by atoms with Gasteiger partial charge in [0.05, 0.1) is 12.6 Å². The van der Waals surface area contributed by atoms with Gasteiger partial charge >= 0.3 is 0 Å². The molecule has 2 atom stereocenters. The van der Waals surface area contributed by atoms with E-state index in [4.69, 9.17) is 16.3 Å². The van der Waals surface area contributed by atoms with Gasteiger partial charge in [0.2, 0.25) is 5.79 Å². The Bertz CT molecular complexity index is 359. The van der Waals surface area contributed by atoms with Crippen molar-refractivity contribution in [1.82, 2.24) is 5.32 Å². The van der Waals surface area contributed by atoms with Crippen LogP contribution in [-0.4, -0.2) is 24.3 Å². The maximum atomic E-state index is 10.4. The number of halogens is 1. The summed E-state index contributed by atoms with van der Waals surface area (Å²) in [6.07, 6.45) is 0. The van der Waals surface area contributed by atoms with Crippen LogP contribution < -0.4 is 5.32 Å². The zero-order valence-electron chi connectivity index (χ0n) is 10.5. The quantitative estimate of drug-likeness (QED) is 0.812. The summed E-state index contributed by atoms with van der Waals surface area (Å²) in [6.45, 7) is 7.14. The largest absolute Gasteiger partial charge is 0.361 e. The Balaban J connectivity index is 0.000000686. The highest BCUT2D eigenvalue weighted by Crippen LogP contribution is 2.30. The highest BCUT2D eigenvalue weighted by molar-refractivity contribution is 6.30. The van der Waals surface area contributed by atoms with Crippen molar-refractivity contribution >= 4 is 11.6 Å². The molecule has 96 valence electrons. The van der Waals surface area contributed by atoms with Gasteiger partial charge in [0.1, 0.15) is 0 Å². The Morgan fingerprint density at radius 1 is 1.47 bits per heavy atom. The van der Waals surface area contributed by atoms with E-state index in [2.05, 4.69) is 5.32 Å². The average Bonchev–Trinajstić information content (AvgIpc) is 2.36. The molecule has 1 heterocycles. The third-order valence-electron chi connectivity index (χ3n) is 2.70. The summed E-state index contributed by atoms with van der Waals surface area (Å²) in [5.41, 5.74) is 0.690. The smallest absolute Gasteiger partial charge is 0.208 e. The van der Waals surface area contributed by atoms with Gasteiger partial charge in [-0.1, -0.05) is 37.6 Å². The van der Waals surface area contributed by atoms with E-state index in [1.54, 1.807) is 18.2 Å². The number of hydrogen-bond acceptors (Lipinski definition) is 3. The molecule has 4 heteroatoms. The zero-order chi connectivity index (χ0) is 12.9. The normalized spacial score (nSPS) is 28.2. The molecule has 2 N–H and O–H groups in total. The Labute approximate surface area is 108 Å². The molecule has 0 saturated carbocycles. The monoisotopic (exact) mass is 257 g/mol. The van der Waals surface area contributed by atoms with Crippen LogP contribution in [0.3, 0.4) is 0 Å². The standard InChI is InChI=1S/C11H14ClNO2.C2H6/c1-8-11(14,15-6-5-13-8)9-3-2-4-10(12)7-9;1-2/h2-4,7-8,13-14H,5-6H2,1H3;1-2H3. The Morgan fingerprint density at radius 2 is 2.18 bits per heavy atom. The van der Waals surface area contributed by atoms with E-state index in [0.29, 0.717) is 17.2 Å². The van der Waals surface area contributed by atoms with Gasteiger partial charge in [0, 0.05) is 17.1 Å². The van der Waals surface area contributed by atoms with Crippen LogP contribution in [-0.2, 0) is 10.5 Å². The van der Waals surface area contributed by atoms with Crippen molar-refractivity contribution in [2.45, 2.75) is 32.6 Å². The van der Waals surface area contributed by atoms with E-state index in [1.807, 2.05) is 26.8 Å². The third kappa shape index (κ3) is 3.19. The minimum Gasteiger partial charge on any atom is -0.361 e. The summed E-state index contributed by atoms with van der Waals surface area (Å²) < 4.78 is 5.45. The molecule has 0 aromatic heterocycles. The van der Waals surface area contributed by atoms with Gasteiger partial charge in [-0.25, -0.2) is 0 Å². The maximum Gasteiger partial charge on any atom is 0.208 e. The van der Waals surface area contributed by atoms with E-state index < -0.39 is 5.79 Å². The van der Waals surface area contributed by atoms with Crippen molar-refractivity contribution < 1.29 is 9.84 Å². The van der Waals surface area contributed by atoms with Crippen LogP contribution in [0.2, 0.25) is 5.02 Å². The van der Waals surface area contributed by atoms with Crippen LogP contribution in [0.15, 0.2) is 24.3 Å². The molecule has 1 aromatic carbocycles. The lowest BCUT2D eigenvalue weighted by Crippen LogP contribution is -2.54. The maximum absolute atomic E-state index is 10.4. The average molecular weight is 258 g/mol. The first-order valence-corrected chi connectivity index (χ1v) is 6.36. The molecule has 1 aliphatic heterocycles. The second kappa shape index (κ2) is 6.36. The van der Waals surface area contributed by atoms with Crippen LogP contribution in [0.5, 0.6) is 0 Å². The molecule has 0 spiro atoms. The Kier molecular flexibility index (Phi) is 5.40. The Morgan fingerprint density at radius 3 is 2.76 bits per heavy atom. The second-order valence-electron chi connectivity index (χ2n) is 3.73. The number of rotatable bonds is 1. The molecular weight excluding hydrogens is 238 g/mol. The van der Waals surface area contributed by atoms with Crippen LogP contribution in [0.4, 0.5) is 0 Å². The van der Waals surface area contributed by atoms with E-state index >= 15 is 0 Å². The van der Waals surface area contributed by atoms with Gasteiger partial charge in [-0.2, -0.15) is 0 Å². The first kappa shape index (κ1) is 14.5. The molecule has 2 unspecified atom stereocenters. The fourth-order valence-electron chi connectivity index (χ4n) is 1.79. The fraction of sp³-hybridized carbons (Fsp3) is 0.538. The molecule has 0 aliphatic carbocycles. The molecular formula is C13H20ClNO2. The molecule has 0 bridgehead atoms. The number of aliphatic hydroxyl groups is 1. The summed E-state index contributed by atoms with van der Waals surface area (Å²) in [4.78, 5) is 0. The van der Waals surface area contributed by atoms with Crippen molar-refractivity contribution in [1.29, 1.82) is 0 Å². The number of benzene rings is 1. The molecule has 0 amide bonds. The minimum absolute atomic E-state index is 0.148. The summed E-state index contributed by atoms with van der Waals surface area (Å²) in [6, 6.07) is 6.97. The number of ether oxygens (including phenoxy) is 1. The molecule has 1 fully saturated rings. The predicted octanol–water partition coefficient (Wildman–Crippen LogP) is 2.52.